The maximum absolute atomic E-state index is 8.91. The van der Waals surface area contributed by atoms with E-state index in [-0.39, 0.29) is 12.6 Å². The highest BCUT2D eigenvalue weighted by Gasteiger charge is 2.04. The Labute approximate surface area is 86.1 Å². The Hall–Kier alpha value is -0.390. The molecule has 1 rings (SSSR count). The SMILES string of the molecule is CNC(CO)CCn1cc(Br)cn1. The number of halogens is 1. The molecule has 0 aliphatic carbocycles. The minimum absolute atomic E-state index is 0.156. The van der Waals surface area contributed by atoms with Crippen LogP contribution in [-0.2, 0) is 6.54 Å². The first kappa shape index (κ1) is 10.7. The number of nitrogens with zero attached hydrogens (tertiary/aromatic N) is 2. The van der Waals surface area contributed by atoms with Crippen LogP contribution in [0.5, 0.6) is 0 Å². The van der Waals surface area contributed by atoms with Gasteiger partial charge in [0.1, 0.15) is 0 Å². The zero-order valence-electron chi connectivity index (χ0n) is 7.57. The van der Waals surface area contributed by atoms with Gasteiger partial charge in [0.25, 0.3) is 0 Å². The van der Waals surface area contributed by atoms with Crippen LogP contribution in [0, 0.1) is 0 Å². The van der Waals surface area contributed by atoms with E-state index in [1.54, 1.807) is 6.20 Å². The van der Waals surface area contributed by atoms with Crippen LogP contribution in [0.15, 0.2) is 16.9 Å². The van der Waals surface area contributed by atoms with Gasteiger partial charge in [-0.05, 0) is 29.4 Å². The van der Waals surface area contributed by atoms with E-state index in [9.17, 15) is 0 Å². The average Bonchev–Trinajstić information content (AvgIpc) is 2.53. The highest BCUT2D eigenvalue weighted by Crippen LogP contribution is 2.06. The Balaban J connectivity index is 2.33. The van der Waals surface area contributed by atoms with Crippen molar-refractivity contribution in [2.24, 2.45) is 0 Å². The molecule has 1 heterocycles. The van der Waals surface area contributed by atoms with Crippen molar-refractivity contribution in [2.75, 3.05) is 13.7 Å². The fraction of sp³-hybridized carbons (Fsp3) is 0.625. The number of aryl methyl sites for hydroxylation is 1. The van der Waals surface area contributed by atoms with E-state index in [1.807, 2.05) is 17.9 Å². The predicted octanol–water partition coefficient (Wildman–Crippen LogP) is 0.616. The fourth-order valence-electron chi connectivity index (χ4n) is 1.08. The monoisotopic (exact) mass is 247 g/mol. The quantitative estimate of drug-likeness (QED) is 0.803. The molecule has 0 bridgehead atoms. The first-order chi connectivity index (χ1) is 6.26. The number of hydrogen-bond acceptors (Lipinski definition) is 3. The second kappa shape index (κ2) is 5.36. The molecular formula is C8H14BrN3O. The lowest BCUT2D eigenvalue weighted by molar-refractivity contribution is 0.236. The molecule has 0 fully saturated rings. The van der Waals surface area contributed by atoms with Gasteiger partial charge in [-0.3, -0.25) is 4.68 Å². The fourth-order valence-corrected chi connectivity index (χ4v) is 1.40. The van der Waals surface area contributed by atoms with E-state index < -0.39 is 0 Å². The lowest BCUT2D eigenvalue weighted by Gasteiger charge is -2.12. The molecule has 1 atom stereocenters. The Morgan fingerprint density at radius 3 is 3.00 bits per heavy atom. The third-order valence-electron chi connectivity index (χ3n) is 1.94. The average molecular weight is 248 g/mol. The summed E-state index contributed by atoms with van der Waals surface area (Å²) >= 11 is 3.32. The molecule has 4 nitrogen and oxygen atoms in total. The van der Waals surface area contributed by atoms with Gasteiger partial charge in [-0.1, -0.05) is 0 Å². The van der Waals surface area contributed by atoms with Crippen molar-refractivity contribution < 1.29 is 5.11 Å². The lowest BCUT2D eigenvalue weighted by atomic mass is 10.2. The van der Waals surface area contributed by atoms with E-state index in [0.717, 1.165) is 17.4 Å². The van der Waals surface area contributed by atoms with Gasteiger partial charge in [0.2, 0.25) is 0 Å². The molecule has 13 heavy (non-hydrogen) atoms. The molecule has 0 spiro atoms. The van der Waals surface area contributed by atoms with Gasteiger partial charge in [-0.15, -0.1) is 0 Å². The topological polar surface area (TPSA) is 50.1 Å². The van der Waals surface area contributed by atoms with Crippen LogP contribution in [0.1, 0.15) is 6.42 Å². The second-order valence-electron chi connectivity index (χ2n) is 2.88. The second-order valence-corrected chi connectivity index (χ2v) is 3.79. The van der Waals surface area contributed by atoms with E-state index in [0.29, 0.717) is 0 Å². The number of likely N-dealkylation sites (N-methyl/N-ethyl adjacent to an activating group) is 1. The van der Waals surface area contributed by atoms with Gasteiger partial charge < -0.3 is 10.4 Å². The minimum Gasteiger partial charge on any atom is -0.395 e. The number of aliphatic hydroxyl groups is 1. The Morgan fingerprint density at radius 1 is 1.77 bits per heavy atom. The van der Waals surface area contributed by atoms with Crippen LogP contribution in [0.3, 0.4) is 0 Å². The number of rotatable bonds is 5. The van der Waals surface area contributed by atoms with Crippen molar-refractivity contribution in [1.29, 1.82) is 0 Å². The summed E-state index contributed by atoms with van der Waals surface area (Å²) < 4.78 is 2.84. The largest absolute Gasteiger partial charge is 0.395 e. The molecule has 0 saturated carbocycles. The maximum Gasteiger partial charge on any atom is 0.0632 e. The summed E-state index contributed by atoms with van der Waals surface area (Å²) in [7, 11) is 1.85. The Kier molecular flexibility index (Phi) is 4.41. The number of aromatic nitrogens is 2. The first-order valence-corrected chi connectivity index (χ1v) is 5.01. The third-order valence-corrected chi connectivity index (χ3v) is 2.35. The van der Waals surface area contributed by atoms with Crippen molar-refractivity contribution in [3.8, 4) is 0 Å². The summed E-state index contributed by atoms with van der Waals surface area (Å²) in [6.07, 6.45) is 4.55. The highest BCUT2D eigenvalue weighted by atomic mass is 79.9. The van der Waals surface area contributed by atoms with Gasteiger partial charge in [0.15, 0.2) is 0 Å². The zero-order valence-corrected chi connectivity index (χ0v) is 9.16. The molecule has 0 amide bonds. The van der Waals surface area contributed by atoms with Gasteiger partial charge in [-0.25, -0.2) is 0 Å². The van der Waals surface area contributed by atoms with Crippen LogP contribution in [0.25, 0.3) is 0 Å². The minimum atomic E-state index is 0.156. The van der Waals surface area contributed by atoms with Crippen molar-refractivity contribution >= 4 is 15.9 Å². The summed E-state index contributed by atoms with van der Waals surface area (Å²) in [5.41, 5.74) is 0. The molecule has 0 radical (unpaired) electrons. The maximum atomic E-state index is 8.91. The number of hydrogen-bond donors (Lipinski definition) is 2. The van der Waals surface area contributed by atoms with Crippen LogP contribution < -0.4 is 5.32 Å². The molecular weight excluding hydrogens is 234 g/mol. The Bertz CT molecular complexity index is 247. The molecule has 1 aromatic rings. The molecule has 0 aliphatic rings. The summed E-state index contributed by atoms with van der Waals surface area (Å²) in [6, 6.07) is 0.156. The van der Waals surface area contributed by atoms with Crippen molar-refractivity contribution in [1.82, 2.24) is 15.1 Å². The summed E-state index contributed by atoms with van der Waals surface area (Å²) in [6.45, 7) is 0.983. The molecule has 5 heteroatoms. The first-order valence-electron chi connectivity index (χ1n) is 4.22. The van der Waals surface area contributed by atoms with Gasteiger partial charge >= 0.3 is 0 Å². The van der Waals surface area contributed by atoms with Crippen molar-refractivity contribution in [3.05, 3.63) is 16.9 Å². The van der Waals surface area contributed by atoms with E-state index >= 15 is 0 Å². The molecule has 2 N–H and O–H groups in total. The van der Waals surface area contributed by atoms with Crippen LogP contribution in [0.2, 0.25) is 0 Å². The van der Waals surface area contributed by atoms with E-state index in [4.69, 9.17) is 5.11 Å². The molecule has 0 aliphatic heterocycles. The van der Waals surface area contributed by atoms with Crippen molar-refractivity contribution in [2.45, 2.75) is 19.0 Å². The molecule has 1 unspecified atom stereocenters. The molecule has 0 aromatic carbocycles. The van der Waals surface area contributed by atoms with Crippen molar-refractivity contribution in [3.63, 3.8) is 0 Å². The summed E-state index contributed by atoms with van der Waals surface area (Å²) in [5, 5.41) is 16.1. The zero-order chi connectivity index (χ0) is 9.68. The number of aliphatic hydroxyl groups excluding tert-OH is 1. The standard InChI is InChI=1S/C8H14BrN3O/c1-10-8(6-13)2-3-12-5-7(9)4-11-12/h4-5,8,10,13H,2-3,6H2,1H3. The van der Waals surface area contributed by atoms with E-state index in [1.165, 1.54) is 0 Å². The van der Waals surface area contributed by atoms with Gasteiger partial charge in [-0.2, -0.15) is 5.10 Å². The molecule has 74 valence electrons. The summed E-state index contributed by atoms with van der Waals surface area (Å²) in [5.74, 6) is 0. The lowest BCUT2D eigenvalue weighted by Crippen LogP contribution is -2.30. The van der Waals surface area contributed by atoms with E-state index in [2.05, 4.69) is 26.3 Å². The van der Waals surface area contributed by atoms with Gasteiger partial charge in [0.05, 0.1) is 17.3 Å². The van der Waals surface area contributed by atoms with Gasteiger partial charge in [0, 0.05) is 18.8 Å². The molecule has 1 aromatic heterocycles. The highest BCUT2D eigenvalue weighted by molar-refractivity contribution is 9.10. The smallest absolute Gasteiger partial charge is 0.0632 e. The third kappa shape index (κ3) is 3.46. The summed E-state index contributed by atoms with van der Waals surface area (Å²) in [4.78, 5) is 0. The normalized spacial score (nSPS) is 13.2. The Morgan fingerprint density at radius 2 is 2.54 bits per heavy atom. The number of nitrogens with one attached hydrogen (secondary N) is 1. The van der Waals surface area contributed by atoms with Crippen LogP contribution in [0.4, 0.5) is 0 Å². The van der Waals surface area contributed by atoms with Crippen LogP contribution >= 0.6 is 15.9 Å². The van der Waals surface area contributed by atoms with Crippen LogP contribution in [-0.4, -0.2) is 34.6 Å². The predicted molar refractivity (Wildman–Crippen MR) is 54.5 cm³/mol. The molecule has 0 saturated heterocycles.